The Hall–Kier alpha value is -3.30. The van der Waals surface area contributed by atoms with Crippen LogP contribution in [0.4, 0.5) is 32.0 Å². The largest absolute Gasteiger partial charge is 0.508 e. The number of hydrogen-bond donors (Lipinski definition) is 1. The first-order chi connectivity index (χ1) is 21.8. The van der Waals surface area contributed by atoms with Crippen LogP contribution in [0.2, 0.25) is 0 Å². The summed E-state index contributed by atoms with van der Waals surface area (Å²) in [6.45, 7) is 0. The van der Waals surface area contributed by atoms with Crippen LogP contribution in [0.5, 0.6) is 11.5 Å². The summed E-state index contributed by atoms with van der Waals surface area (Å²) in [6.07, 6.45) is -9.72. The number of nitrogens with zero attached hydrogens (tertiary/aromatic N) is 2. The van der Waals surface area contributed by atoms with Gasteiger partial charge in [-0.3, -0.25) is 24.1 Å². The number of ether oxygens (including phenoxy) is 1. The van der Waals surface area contributed by atoms with Crippen molar-refractivity contribution in [1.29, 1.82) is 0 Å². The van der Waals surface area contributed by atoms with Crippen LogP contribution in [-0.4, -0.2) is 55.9 Å². The molecule has 6 unspecified atom stereocenters. The van der Waals surface area contributed by atoms with Gasteiger partial charge in [0.25, 0.3) is 11.8 Å². The molecule has 4 amide bonds. The number of likely N-dealkylation sites (tertiary alicyclic amines) is 1. The van der Waals surface area contributed by atoms with Crippen molar-refractivity contribution in [3.8, 4) is 11.5 Å². The summed E-state index contributed by atoms with van der Waals surface area (Å²) in [5, 5.41) is 11.0. The van der Waals surface area contributed by atoms with Crippen LogP contribution < -0.4 is 9.64 Å². The number of amides is 4. The summed E-state index contributed by atoms with van der Waals surface area (Å²) in [5.41, 5.74) is -4.46. The lowest BCUT2D eigenvalue weighted by Gasteiger charge is -2.50. The minimum Gasteiger partial charge on any atom is -0.508 e. The third kappa shape index (κ3) is 4.70. The summed E-state index contributed by atoms with van der Waals surface area (Å²) in [4.78, 5) is 51.9. The minimum atomic E-state index is -5.25. The summed E-state index contributed by atoms with van der Waals surface area (Å²) >= 11 is 17.3. The van der Waals surface area contributed by atoms with E-state index in [0.717, 1.165) is 4.90 Å². The average molecular weight is 770 g/mol. The van der Waals surface area contributed by atoms with Crippen LogP contribution in [0.3, 0.4) is 0 Å². The maximum Gasteiger partial charge on any atom is 0.416 e. The highest BCUT2D eigenvalue weighted by atomic mass is 79.9. The van der Waals surface area contributed by atoms with E-state index in [1.165, 1.54) is 31.4 Å². The van der Waals surface area contributed by atoms with Gasteiger partial charge in [0.15, 0.2) is 9.75 Å². The molecule has 2 aromatic rings. The van der Waals surface area contributed by atoms with Crippen LogP contribution in [0, 0.1) is 17.8 Å². The fraction of sp³-hybridized carbons (Fsp3) is 0.400. The molecule has 2 heterocycles. The van der Waals surface area contributed by atoms with Gasteiger partial charge in [0.2, 0.25) is 11.8 Å². The van der Waals surface area contributed by atoms with E-state index in [2.05, 4.69) is 15.9 Å². The first kappa shape index (κ1) is 33.6. The Balaban J connectivity index is 1.52. The van der Waals surface area contributed by atoms with Crippen LogP contribution >= 0.6 is 39.1 Å². The number of aromatic hydroxyl groups is 1. The van der Waals surface area contributed by atoms with Crippen molar-refractivity contribution in [2.45, 2.75) is 40.9 Å². The van der Waals surface area contributed by atoms with Crippen molar-refractivity contribution in [1.82, 2.24) is 4.90 Å². The molecule has 0 radical (unpaired) electrons. The molecule has 0 aromatic heterocycles. The van der Waals surface area contributed by atoms with Gasteiger partial charge in [-0.25, -0.2) is 4.90 Å². The quantitative estimate of drug-likeness (QED) is 0.128. The van der Waals surface area contributed by atoms with Gasteiger partial charge in [0.1, 0.15) is 11.5 Å². The highest BCUT2D eigenvalue weighted by molar-refractivity contribution is 9.09. The number of carbonyl (C=O) groups is 4. The van der Waals surface area contributed by atoms with Crippen molar-refractivity contribution >= 4 is 68.4 Å². The number of imide groups is 2. The Kier molecular flexibility index (Phi) is 7.76. The molecule has 2 aliphatic carbocycles. The normalized spacial score (nSPS) is 30.7. The molecule has 17 heteroatoms. The summed E-state index contributed by atoms with van der Waals surface area (Å²) in [7, 11) is 1.33. The molecule has 8 nitrogen and oxygen atoms in total. The smallest absolute Gasteiger partial charge is 0.416 e. The SMILES string of the molecule is COc1ccc(O)c(C2C3=CCC4C(=O)N(c5cc(C(F)(F)F)cc(C(F)(F)F)c5)C(=O)C4C3CC3(Cl)C(=O)N(CBr)C(=O)C23Cl)c1. The van der Waals surface area contributed by atoms with Gasteiger partial charge in [-0.2, -0.15) is 26.3 Å². The lowest BCUT2D eigenvalue weighted by molar-refractivity contribution is -0.143. The first-order valence-electron chi connectivity index (χ1n) is 13.9. The zero-order chi connectivity index (χ0) is 34.6. The molecule has 6 atom stereocenters. The average Bonchev–Trinajstić information content (AvgIpc) is 3.34. The molecule has 1 saturated carbocycles. The lowest BCUT2D eigenvalue weighted by atomic mass is 9.56. The topological polar surface area (TPSA) is 104 Å². The number of halogens is 9. The molecule has 4 aliphatic rings. The second-order valence-corrected chi connectivity index (χ2v) is 13.4. The van der Waals surface area contributed by atoms with Crippen LogP contribution in [0.25, 0.3) is 0 Å². The van der Waals surface area contributed by atoms with Gasteiger partial charge >= 0.3 is 12.4 Å². The minimum absolute atomic E-state index is 0.00215. The van der Waals surface area contributed by atoms with E-state index in [1.54, 1.807) is 0 Å². The van der Waals surface area contributed by atoms with Crippen LogP contribution in [-0.2, 0) is 31.5 Å². The number of allylic oxidation sites excluding steroid dienone is 2. The molecule has 6 rings (SSSR count). The number of hydrogen-bond acceptors (Lipinski definition) is 6. The molecule has 0 spiro atoms. The molecular weight excluding hydrogens is 749 g/mol. The van der Waals surface area contributed by atoms with Gasteiger partial charge in [-0.1, -0.05) is 27.6 Å². The second-order valence-electron chi connectivity index (χ2n) is 11.7. The highest BCUT2D eigenvalue weighted by Crippen LogP contribution is 2.66. The number of alkyl halides is 9. The van der Waals surface area contributed by atoms with E-state index in [0.29, 0.717) is 4.90 Å². The Morgan fingerprint density at radius 3 is 2.11 bits per heavy atom. The predicted molar refractivity (Wildman–Crippen MR) is 157 cm³/mol. The molecular formula is C30H21BrCl2F6N2O6. The standard InChI is InChI=1S/C30H21BrCl2F6N2O6/c1-47-15-2-5-20(42)18(9-15)22-16-3-4-17-21(19(16)10-27(32)25(45)40(11-31)26(46)28(22,27)33)24(44)41(23(17)43)14-7-12(29(34,35)36)6-13(8-14)30(37,38)39/h2-3,5-9,17,19,21-22,42H,4,10-11H2,1H3. The Morgan fingerprint density at radius 2 is 1.55 bits per heavy atom. The van der Waals surface area contributed by atoms with Crippen molar-refractivity contribution < 1.29 is 55.4 Å². The fourth-order valence-electron chi connectivity index (χ4n) is 7.31. The van der Waals surface area contributed by atoms with Crippen molar-refractivity contribution in [2.75, 3.05) is 17.5 Å². The lowest BCUT2D eigenvalue weighted by Crippen LogP contribution is -2.60. The third-order valence-electron chi connectivity index (χ3n) is 9.39. The van der Waals surface area contributed by atoms with E-state index in [1.807, 2.05) is 0 Å². The zero-order valence-corrected chi connectivity index (χ0v) is 26.9. The molecule has 2 aliphatic heterocycles. The predicted octanol–water partition coefficient (Wildman–Crippen LogP) is 6.35. The maximum absolute atomic E-state index is 14.1. The van der Waals surface area contributed by atoms with Gasteiger partial charge in [0, 0.05) is 11.5 Å². The highest BCUT2D eigenvalue weighted by Gasteiger charge is 2.76. The van der Waals surface area contributed by atoms with Gasteiger partial charge in [0.05, 0.1) is 41.2 Å². The van der Waals surface area contributed by atoms with Crippen molar-refractivity contribution in [2.24, 2.45) is 17.8 Å². The molecule has 2 aromatic carbocycles. The van der Waals surface area contributed by atoms with Gasteiger partial charge < -0.3 is 9.84 Å². The van der Waals surface area contributed by atoms with E-state index < -0.39 is 92.6 Å². The zero-order valence-electron chi connectivity index (χ0n) is 23.8. The molecule has 1 N–H and O–H groups in total. The third-order valence-corrected chi connectivity index (χ3v) is 11.3. The molecule has 2 saturated heterocycles. The van der Waals surface area contributed by atoms with Gasteiger partial charge in [-0.15, -0.1) is 23.2 Å². The number of benzene rings is 2. The van der Waals surface area contributed by atoms with Crippen LogP contribution in [0.1, 0.15) is 35.4 Å². The summed E-state index contributed by atoms with van der Waals surface area (Å²) in [6, 6.07) is 4.47. The number of phenols is 1. The Morgan fingerprint density at radius 1 is 0.936 bits per heavy atom. The first-order valence-corrected chi connectivity index (χ1v) is 15.7. The van der Waals surface area contributed by atoms with Crippen LogP contribution in [0.15, 0.2) is 48.0 Å². The molecule has 47 heavy (non-hydrogen) atoms. The van der Waals surface area contributed by atoms with E-state index in [-0.39, 0.29) is 52.7 Å². The number of fused-ring (bicyclic) bond motifs is 4. The summed E-state index contributed by atoms with van der Waals surface area (Å²) < 4.78 is 87.3. The van der Waals surface area contributed by atoms with E-state index >= 15 is 0 Å². The number of anilines is 1. The molecule has 0 bridgehead atoms. The monoisotopic (exact) mass is 768 g/mol. The molecule has 250 valence electrons. The number of carbonyl (C=O) groups excluding carboxylic acids is 4. The van der Waals surface area contributed by atoms with E-state index in [4.69, 9.17) is 27.9 Å². The molecule has 3 fully saturated rings. The maximum atomic E-state index is 14.1. The second kappa shape index (κ2) is 10.9. The number of phenolic OH excluding ortho intramolecular Hbond substituents is 1. The fourth-order valence-corrected chi connectivity index (χ4v) is 8.73. The Bertz CT molecular complexity index is 1750. The number of methoxy groups -OCH3 is 1. The van der Waals surface area contributed by atoms with Crippen molar-refractivity contribution in [3.05, 3.63) is 64.7 Å². The van der Waals surface area contributed by atoms with Crippen molar-refractivity contribution in [3.63, 3.8) is 0 Å². The number of rotatable bonds is 4. The van der Waals surface area contributed by atoms with E-state index in [9.17, 15) is 50.6 Å². The Labute approximate surface area is 280 Å². The summed E-state index contributed by atoms with van der Waals surface area (Å²) in [5.74, 6) is -9.41. The van der Waals surface area contributed by atoms with Gasteiger partial charge in [-0.05, 0) is 55.2 Å².